The smallest absolute Gasteiger partial charge is 0.390 e. The molecule has 0 saturated carbocycles. The molecule has 1 saturated heterocycles. The number of piperazine rings is 1. The molecule has 1 N–H and O–H groups in total. The molecule has 2 aromatic heterocycles. The van der Waals surface area contributed by atoms with E-state index in [0.29, 0.717) is 19.0 Å². The molecule has 0 spiro atoms. The summed E-state index contributed by atoms with van der Waals surface area (Å²) in [6.45, 7) is 9.22. The molecule has 0 bridgehead atoms. The number of nitrogens with one attached hydrogen (secondary N) is 1. The molecule has 1 aliphatic heterocycles. The van der Waals surface area contributed by atoms with Crippen LogP contribution in [-0.2, 0) is 5.41 Å². The monoisotopic (exact) mass is 346 g/mol. The van der Waals surface area contributed by atoms with Crippen LogP contribution < -0.4 is 10.1 Å². The zero-order valence-corrected chi connectivity index (χ0v) is 15.0. The van der Waals surface area contributed by atoms with Crippen LogP contribution in [0.25, 0.3) is 11.3 Å². The lowest BCUT2D eigenvalue weighted by Crippen LogP contribution is -2.47. The molecule has 0 aliphatic carbocycles. The molecular formula is C17H22N4O2S. The minimum atomic E-state index is -0.355. The highest BCUT2D eigenvalue weighted by Crippen LogP contribution is 2.38. The van der Waals surface area contributed by atoms with Crippen molar-refractivity contribution in [1.82, 2.24) is 20.2 Å². The molecule has 128 valence electrons. The number of carbonyl (C=O) groups excluding carboxylic acids is 1. The Labute approximate surface area is 145 Å². The number of aromatic nitrogens is 2. The maximum Gasteiger partial charge on any atom is 0.416 e. The Morgan fingerprint density at radius 2 is 2.04 bits per heavy atom. The average Bonchev–Trinajstić information content (AvgIpc) is 3.09. The van der Waals surface area contributed by atoms with Gasteiger partial charge in [0.2, 0.25) is 5.88 Å². The largest absolute Gasteiger partial charge is 0.416 e. The molecule has 24 heavy (non-hydrogen) atoms. The predicted molar refractivity (Wildman–Crippen MR) is 94.5 cm³/mol. The number of nitrogens with zero attached hydrogens (tertiary/aromatic N) is 3. The van der Waals surface area contributed by atoms with Crippen molar-refractivity contribution in [3.63, 3.8) is 0 Å². The van der Waals surface area contributed by atoms with Crippen molar-refractivity contribution in [1.29, 1.82) is 0 Å². The predicted octanol–water partition coefficient (Wildman–Crippen LogP) is 2.91. The van der Waals surface area contributed by atoms with Gasteiger partial charge in [0.25, 0.3) is 0 Å². The molecule has 3 heterocycles. The highest BCUT2D eigenvalue weighted by Gasteiger charge is 2.26. The molecule has 1 fully saturated rings. The van der Waals surface area contributed by atoms with Crippen LogP contribution in [0.4, 0.5) is 4.79 Å². The second-order valence-corrected chi connectivity index (χ2v) is 7.49. The molecule has 0 radical (unpaired) electrons. The van der Waals surface area contributed by atoms with Gasteiger partial charge < -0.3 is 15.0 Å². The third-order valence-electron chi connectivity index (χ3n) is 3.97. The SMILES string of the molecule is CC(C)(C)c1ccnc(OC(=O)N2CCNCC2)c1-c1cscn1. The first-order valence-electron chi connectivity index (χ1n) is 8.02. The van der Waals surface area contributed by atoms with Gasteiger partial charge in [-0.25, -0.2) is 14.8 Å². The van der Waals surface area contributed by atoms with Gasteiger partial charge in [-0.2, -0.15) is 0 Å². The van der Waals surface area contributed by atoms with Crippen LogP contribution >= 0.6 is 11.3 Å². The summed E-state index contributed by atoms with van der Waals surface area (Å²) in [4.78, 5) is 22.9. The zero-order chi connectivity index (χ0) is 17.2. The quantitative estimate of drug-likeness (QED) is 0.906. The average molecular weight is 346 g/mol. The molecule has 0 aromatic carbocycles. The second kappa shape index (κ2) is 6.86. The van der Waals surface area contributed by atoms with Crippen LogP contribution in [0.3, 0.4) is 0 Å². The van der Waals surface area contributed by atoms with E-state index < -0.39 is 0 Å². The van der Waals surface area contributed by atoms with Crippen molar-refractivity contribution in [2.24, 2.45) is 0 Å². The Balaban J connectivity index is 1.96. The Hall–Kier alpha value is -1.99. The van der Waals surface area contributed by atoms with Crippen LogP contribution in [-0.4, -0.2) is 47.1 Å². The normalized spacial score (nSPS) is 15.4. The van der Waals surface area contributed by atoms with Crippen LogP contribution in [0.2, 0.25) is 0 Å². The number of ether oxygens (including phenoxy) is 1. The Kier molecular flexibility index (Phi) is 4.82. The van der Waals surface area contributed by atoms with E-state index in [4.69, 9.17) is 4.74 Å². The van der Waals surface area contributed by atoms with E-state index in [1.807, 2.05) is 11.4 Å². The first-order valence-corrected chi connectivity index (χ1v) is 8.96. The van der Waals surface area contributed by atoms with E-state index in [9.17, 15) is 4.79 Å². The number of rotatable bonds is 2. The number of pyridine rings is 1. The first-order chi connectivity index (χ1) is 11.5. The molecule has 7 heteroatoms. The number of carbonyl (C=O) groups is 1. The summed E-state index contributed by atoms with van der Waals surface area (Å²) in [5.74, 6) is 0.330. The van der Waals surface area contributed by atoms with Crippen molar-refractivity contribution in [3.8, 4) is 17.1 Å². The van der Waals surface area contributed by atoms with Crippen molar-refractivity contribution in [2.45, 2.75) is 26.2 Å². The lowest BCUT2D eigenvalue weighted by molar-refractivity contribution is 0.144. The van der Waals surface area contributed by atoms with E-state index in [2.05, 4.69) is 36.1 Å². The standard InChI is InChI=1S/C17H22N4O2S/c1-17(2,3)12-4-5-19-15(14(12)13-10-24-11-20-13)23-16(22)21-8-6-18-7-9-21/h4-5,10-11,18H,6-9H2,1-3H3. The molecule has 0 atom stereocenters. The highest BCUT2D eigenvalue weighted by atomic mass is 32.1. The van der Waals surface area contributed by atoms with Crippen LogP contribution in [0.15, 0.2) is 23.2 Å². The summed E-state index contributed by atoms with van der Waals surface area (Å²) in [5.41, 5.74) is 4.32. The fourth-order valence-electron chi connectivity index (χ4n) is 2.72. The lowest BCUT2D eigenvalue weighted by Gasteiger charge is -2.27. The molecule has 1 aliphatic rings. The topological polar surface area (TPSA) is 67.3 Å². The first kappa shape index (κ1) is 16.9. The third-order valence-corrected chi connectivity index (χ3v) is 4.56. The van der Waals surface area contributed by atoms with Gasteiger partial charge >= 0.3 is 6.09 Å². The van der Waals surface area contributed by atoms with Gasteiger partial charge in [-0.1, -0.05) is 20.8 Å². The number of hydrogen-bond acceptors (Lipinski definition) is 6. The van der Waals surface area contributed by atoms with E-state index >= 15 is 0 Å². The van der Waals surface area contributed by atoms with E-state index in [0.717, 1.165) is 29.9 Å². The van der Waals surface area contributed by atoms with Gasteiger partial charge in [0, 0.05) is 37.8 Å². The summed E-state index contributed by atoms with van der Waals surface area (Å²) in [7, 11) is 0. The minimum Gasteiger partial charge on any atom is -0.390 e. The number of hydrogen-bond donors (Lipinski definition) is 1. The highest BCUT2D eigenvalue weighted by molar-refractivity contribution is 7.07. The lowest BCUT2D eigenvalue weighted by atomic mass is 9.84. The summed E-state index contributed by atoms with van der Waals surface area (Å²) in [6.07, 6.45) is 1.34. The zero-order valence-electron chi connectivity index (χ0n) is 14.2. The maximum absolute atomic E-state index is 12.5. The van der Waals surface area contributed by atoms with Crippen LogP contribution in [0, 0.1) is 0 Å². The Morgan fingerprint density at radius 1 is 1.29 bits per heavy atom. The maximum atomic E-state index is 12.5. The van der Waals surface area contributed by atoms with Gasteiger partial charge in [-0.3, -0.25) is 0 Å². The van der Waals surface area contributed by atoms with Crippen molar-refractivity contribution >= 4 is 17.4 Å². The van der Waals surface area contributed by atoms with Crippen molar-refractivity contribution in [2.75, 3.05) is 26.2 Å². The van der Waals surface area contributed by atoms with Crippen molar-refractivity contribution < 1.29 is 9.53 Å². The Bertz CT molecular complexity index is 704. The minimum absolute atomic E-state index is 0.113. The second-order valence-electron chi connectivity index (χ2n) is 6.77. The van der Waals surface area contributed by atoms with E-state index in [1.54, 1.807) is 16.6 Å². The van der Waals surface area contributed by atoms with Gasteiger partial charge in [0.1, 0.15) is 0 Å². The molecule has 1 amide bonds. The molecule has 0 unspecified atom stereocenters. The fourth-order valence-corrected chi connectivity index (χ4v) is 3.27. The van der Waals surface area contributed by atoms with Gasteiger partial charge in [-0.15, -0.1) is 11.3 Å². The van der Waals surface area contributed by atoms with Crippen molar-refractivity contribution in [3.05, 3.63) is 28.7 Å². The molecule has 3 rings (SSSR count). The summed E-state index contributed by atoms with van der Waals surface area (Å²) in [6, 6.07) is 1.97. The van der Waals surface area contributed by atoms with Gasteiger partial charge in [-0.05, 0) is 17.0 Å². The number of thiazole rings is 1. The molecular weight excluding hydrogens is 324 g/mol. The van der Waals surface area contributed by atoms with E-state index in [-0.39, 0.29) is 11.5 Å². The summed E-state index contributed by atoms with van der Waals surface area (Å²) >= 11 is 1.51. The molecule has 6 nitrogen and oxygen atoms in total. The third kappa shape index (κ3) is 3.57. The van der Waals surface area contributed by atoms with Crippen LogP contribution in [0.5, 0.6) is 5.88 Å². The Morgan fingerprint density at radius 3 is 2.67 bits per heavy atom. The van der Waals surface area contributed by atoms with Gasteiger partial charge in [0.15, 0.2) is 0 Å². The van der Waals surface area contributed by atoms with E-state index in [1.165, 1.54) is 11.3 Å². The molecule has 2 aromatic rings. The number of amides is 1. The fraction of sp³-hybridized carbons (Fsp3) is 0.471. The van der Waals surface area contributed by atoms with Crippen LogP contribution in [0.1, 0.15) is 26.3 Å². The summed E-state index contributed by atoms with van der Waals surface area (Å²) < 4.78 is 5.66. The van der Waals surface area contributed by atoms with Gasteiger partial charge in [0.05, 0.1) is 16.8 Å². The summed E-state index contributed by atoms with van der Waals surface area (Å²) in [5, 5.41) is 5.18.